The molecule has 2 aromatic rings. The zero-order valence-electron chi connectivity index (χ0n) is 11.7. The van der Waals surface area contributed by atoms with E-state index in [1.54, 1.807) is 18.2 Å². The number of rotatable bonds is 4. The molecule has 1 N–H and O–H groups in total. The molecule has 0 radical (unpaired) electrons. The first-order chi connectivity index (χ1) is 11.0. The van der Waals surface area contributed by atoms with Crippen LogP contribution in [0.2, 0.25) is 0 Å². The average molecular weight is 316 g/mol. The molecule has 0 aliphatic heterocycles. The van der Waals surface area contributed by atoms with Crippen molar-refractivity contribution in [2.45, 2.75) is 0 Å². The van der Waals surface area contributed by atoms with Crippen molar-refractivity contribution in [3.63, 3.8) is 0 Å². The van der Waals surface area contributed by atoms with E-state index < -0.39 is 35.7 Å². The number of anilines is 1. The Kier molecular flexibility index (Phi) is 5.00. The molecule has 2 aromatic carbocycles. The molecule has 0 aliphatic carbocycles. The molecule has 1 amide bonds. The van der Waals surface area contributed by atoms with Gasteiger partial charge >= 0.3 is 5.97 Å². The van der Waals surface area contributed by atoms with Crippen molar-refractivity contribution in [2.24, 2.45) is 0 Å². The van der Waals surface area contributed by atoms with Gasteiger partial charge in [0.1, 0.15) is 11.6 Å². The molecule has 7 heteroatoms. The number of halogens is 2. The van der Waals surface area contributed by atoms with Crippen LogP contribution in [0.25, 0.3) is 0 Å². The van der Waals surface area contributed by atoms with E-state index in [9.17, 15) is 18.4 Å². The number of carbonyl (C=O) groups excluding carboxylic acids is 2. The topological polar surface area (TPSA) is 79.2 Å². The molecule has 0 heterocycles. The van der Waals surface area contributed by atoms with Crippen molar-refractivity contribution in [1.29, 1.82) is 5.26 Å². The largest absolute Gasteiger partial charge is 0.452 e. The van der Waals surface area contributed by atoms with E-state index in [0.717, 1.165) is 12.1 Å². The first-order valence-corrected chi connectivity index (χ1v) is 6.42. The van der Waals surface area contributed by atoms with Crippen molar-refractivity contribution in [1.82, 2.24) is 0 Å². The zero-order valence-corrected chi connectivity index (χ0v) is 11.7. The van der Waals surface area contributed by atoms with Gasteiger partial charge in [-0.05, 0) is 30.3 Å². The number of benzene rings is 2. The number of nitrogens with one attached hydrogen (secondary N) is 1. The number of ether oxygens (including phenoxy) is 1. The summed E-state index contributed by atoms with van der Waals surface area (Å²) in [5, 5.41) is 11.2. The third kappa shape index (κ3) is 4.35. The summed E-state index contributed by atoms with van der Waals surface area (Å²) in [5.74, 6) is -3.63. The van der Waals surface area contributed by atoms with E-state index in [1.165, 1.54) is 6.07 Å². The lowest BCUT2D eigenvalue weighted by molar-refractivity contribution is -0.119. The quantitative estimate of drug-likeness (QED) is 0.879. The van der Waals surface area contributed by atoms with Crippen molar-refractivity contribution in [3.05, 3.63) is 65.2 Å². The van der Waals surface area contributed by atoms with Crippen LogP contribution in [0.4, 0.5) is 14.5 Å². The van der Waals surface area contributed by atoms with Gasteiger partial charge in [-0.15, -0.1) is 0 Å². The second kappa shape index (κ2) is 7.13. The average Bonchev–Trinajstić information content (AvgIpc) is 2.53. The van der Waals surface area contributed by atoms with Gasteiger partial charge in [0, 0.05) is 11.8 Å². The molecular formula is C16H10F2N2O3. The fraction of sp³-hybridized carbons (Fsp3) is 0.0625. The Morgan fingerprint density at radius 1 is 1.17 bits per heavy atom. The third-order valence-electron chi connectivity index (χ3n) is 2.76. The standard InChI is InChI=1S/C16H10F2N2O3/c17-11-4-5-13(14(18)7-11)16(22)23-9-15(21)20-12-3-1-2-10(6-12)8-19/h1-7H,9H2,(H,20,21). The Morgan fingerprint density at radius 2 is 1.96 bits per heavy atom. The Hall–Kier alpha value is -3.27. The number of hydrogen-bond acceptors (Lipinski definition) is 4. The molecule has 0 saturated carbocycles. The van der Waals surface area contributed by atoms with Crippen LogP contribution in [0, 0.1) is 23.0 Å². The molecule has 0 aromatic heterocycles. The summed E-state index contributed by atoms with van der Waals surface area (Å²) >= 11 is 0. The molecule has 0 bridgehead atoms. The van der Waals surface area contributed by atoms with Gasteiger partial charge in [-0.1, -0.05) is 6.07 Å². The van der Waals surface area contributed by atoms with E-state index in [0.29, 0.717) is 17.3 Å². The van der Waals surface area contributed by atoms with E-state index >= 15 is 0 Å². The normalized spacial score (nSPS) is 9.78. The molecule has 2 rings (SSSR count). The number of carbonyl (C=O) groups is 2. The van der Waals surface area contributed by atoms with Crippen LogP contribution in [0.5, 0.6) is 0 Å². The van der Waals surface area contributed by atoms with Gasteiger partial charge in [0.05, 0.1) is 17.2 Å². The summed E-state index contributed by atoms with van der Waals surface area (Å²) in [6.07, 6.45) is 0. The van der Waals surface area contributed by atoms with E-state index in [2.05, 4.69) is 10.1 Å². The Labute approximate surface area is 130 Å². The van der Waals surface area contributed by atoms with Gasteiger partial charge in [0.2, 0.25) is 0 Å². The van der Waals surface area contributed by atoms with Crippen LogP contribution in [0.3, 0.4) is 0 Å². The summed E-state index contributed by atoms with van der Waals surface area (Å²) in [7, 11) is 0. The van der Waals surface area contributed by atoms with E-state index in [1.807, 2.05) is 6.07 Å². The minimum atomic E-state index is -1.08. The molecule has 0 fully saturated rings. The third-order valence-corrected chi connectivity index (χ3v) is 2.76. The number of esters is 1. The maximum Gasteiger partial charge on any atom is 0.341 e. The highest BCUT2D eigenvalue weighted by molar-refractivity contribution is 5.95. The van der Waals surface area contributed by atoms with Crippen LogP contribution in [0.1, 0.15) is 15.9 Å². The summed E-state index contributed by atoms with van der Waals surface area (Å²) < 4.78 is 30.8. The SMILES string of the molecule is N#Cc1cccc(NC(=O)COC(=O)c2ccc(F)cc2F)c1. The molecule has 0 spiro atoms. The summed E-state index contributed by atoms with van der Waals surface area (Å²) in [5.41, 5.74) is 0.247. The van der Waals surface area contributed by atoms with Crippen molar-refractivity contribution in [2.75, 3.05) is 11.9 Å². The minimum absolute atomic E-state index is 0.355. The summed E-state index contributed by atoms with van der Waals surface area (Å²) in [4.78, 5) is 23.3. The lowest BCUT2D eigenvalue weighted by atomic mass is 10.2. The van der Waals surface area contributed by atoms with Gasteiger partial charge in [0.15, 0.2) is 6.61 Å². The summed E-state index contributed by atoms with van der Waals surface area (Å²) in [6.45, 7) is -0.646. The lowest BCUT2D eigenvalue weighted by Gasteiger charge is -2.07. The first-order valence-electron chi connectivity index (χ1n) is 6.42. The van der Waals surface area contributed by atoms with E-state index in [-0.39, 0.29) is 0 Å². The van der Waals surface area contributed by atoms with Crippen molar-refractivity contribution in [3.8, 4) is 6.07 Å². The molecule has 0 saturated heterocycles. The number of amides is 1. The Balaban J connectivity index is 1.93. The van der Waals surface area contributed by atoms with Crippen LogP contribution in [-0.2, 0) is 9.53 Å². The molecule has 0 unspecified atom stereocenters. The molecule has 0 atom stereocenters. The van der Waals surface area contributed by atoms with Gasteiger partial charge in [-0.3, -0.25) is 4.79 Å². The highest BCUT2D eigenvalue weighted by Gasteiger charge is 2.15. The van der Waals surface area contributed by atoms with Crippen molar-refractivity contribution < 1.29 is 23.1 Å². The van der Waals surface area contributed by atoms with Gasteiger partial charge in [0.25, 0.3) is 5.91 Å². The smallest absolute Gasteiger partial charge is 0.341 e. The Bertz CT molecular complexity index is 800. The van der Waals surface area contributed by atoms with Gasteiger partial charge in [-0.25, -0.2) is 13.6 Å². The first kappa shape index (κ1) is 16.1. The number of nitriles is 1. The molecular weight excluding hydrogens is 306 g/mol. The zero-order chi connectivity index (χ0) is 16.8. The van der Waals surface area contributed by atoms with Crippen LogP contribution in [-0.4, -0.2) is 18.5 Å². The molecule has 116 valence electrons. The molecule has 0 aliphatic rings. The highest BCUT2D eigenvalue weighted by atomic mass is 19.1. The van der Waals surface area contributed by atoms with E-state index in [4.69, 9.17) is 5.26 Å². The monoisotopic (exact) mass is 316 g/mol. The van der Waals surface area contributed by atoms with Gasteiger partial charge in [-0.2, -0.15) is 5.26 Å². The second-order valence-corrected chi connectivity index (χ2v) is 4.44. The second-order valence-electron chi connectivity index (χ2n) is 4.44. The highest BCUT2D eigenvalue weighted by Crippen LogP contribution is 2.12. The maximum absolute atomic E-state index is 13.4. The van der Waals surface area contributed by atoms with Gasteiger partial charge < -0.3 is 10.1 Å². The number of nitrogens with zero attached hydrogens (tertiary/aromatic N) is 1. The molecule has 5 nitrogen and oxygen atoms in total. The lowest BCUT2D eigenvalue weighted by Crippen LogP contribution is -2.21. The summed E-state index contributed by atoms with van der Waals surface area (Å²) in [6, 6.07) is 10.4. The molecule has 23 heavy (non-hydrogen) atoms. The maximum atomic E-state index is 13.4. The van der Waals surface area contributed by atoms with Crippen LogP contribution in [0.15, 0.2) is 42.5 Å². The fourth-order valence-electron chi connectivity index (χ4n) is 1.73. The number of hydrogen-bond donors (Lipinski definition) is 1. The van der Waals surface area contributed by atoms with Crippen LogP contribution < -0.4 is 5.32 Å². The van der Waals surface area contributed by atoms with Crippen molar-refractivity contribution >= 4 is 17.6 Å². The Morgan fingerprint density at radius 3 is 2.65 bits per heavy atom. The predicted molar refractivity (Wildman–Crippen MR) is 76.4 cm³/mol. The fourth-order valence-corrected chi connectivity index (χ4v) is 1.73. The van der Waals surface area contributed by atoms with Crippen LogP contribution >= 0.6 is 0 Å². The predicted octanol–water partition coefficient (Wildman–Crippen LogP) is 2.63. The minimum Gasteiger partial charge on any atom is -0.452 e.